The van der Waals surface area contributed by atoms with Crippen molar-refractivity contribution in [3.63, 3.8) is 0 Å². The summed E-state index contributed by atoms with van der Waals surface area (Å²) >= 11 is 0. The number of nitrogens with zero attached hydrogens (tertiary/aromatic N) is 4. The van der Waals surface area contributed by atoms with Crippen molar-refractivity contribution in [2.24, 2.45) is 5.92 Å². The highest BCUT2D eigenvalue weighted by atomic mass is 28.4. The number of aliphatic hydroxyl groups excluding tert-OH is 1. The third-order valence-electron chi connectivity index (χ3n) is 9.77. The van der Waals surface area contributed by atoms with E-state index in [0.29, 0.717) is 42.9 Å². The van der Waals surface area contributed by atoms with E-state index in [4.69, 9.17) is 4.74 Å². The summed E-state index contributed by atoms with van der Waals surface area (Å²) in [6, 6.07) is 15.3. The molecule has 2 N–H and O–H groups in total. The van der Waals surface area contributed by atoms with Crippen LogP contribution in [0.1, 0.15) is 68.2 Å². The third-order valence-corrected chi connectivity index (χ3v) is 12.2. The molecule has 0 bridgehead atoms. The second-order valence-electron chi connectivity index (χ2n) is 13.0. The van der Waals surface area contributed by atoms with Gasteiger partial charge in [-0.05, 0) is 56.1 Å². The van der Waals surface area contributed by atoms with E-state index in [0.717, 1.165) is 36.9 Å². The molecular formula is C33H42FN5O4Si. The van der Waals surface area contributed by atoms with Gasteiger partial charge < -0.3 is 24.2 Å². The summed E-state index contributed by atoms with van der Waals surface area (Å²) in [6.45, 7) is 6.26. The number of fused-ring (bicyclic) bond motifs is 2. The average Bonchev–Trinajstić information content (AvgIpc) is 3.65. The van der Waals surface area contributed by atoms with Gasteiger partial charge in [0.2, 0.25) is 14.3 Å². The summed E-state index contributed by atoms with van der Waals surface area (Å²) in [5.41, 5.74) is 1.92. The van der Waals surface area contributed by atoms with Crippen LogP contribution in [0.3, 0.4) is 0 Å². The predicted molar refractivity (Wildman–Crippen MR) is 169 cm³/mol. The second-order valence-corrected chi connectivity index (χ2v) is 16.8. The molecular weight excluding hydrogens is 577 g/mol. The molecule has 1 aromatic heterocycles. The molecule has 11 heteroatoms. The van der Waals surface area contributed by atoms with Gasteiger partial charge in [-0.2, -0.15) is 0 Å². The van der Waals surface area contributed by atoms with E-state index < -0.39 is 31.6 Å². The molecule has 3 aromatic rings. The largest absolute Gasteiger partial charge is 0.395 e. The molecule has 2 amide bonds. The smallest absolute Gasteiger partial charge is 0.261 e. The van der Waals surface area contributed by atoms with Crippen LogP contribution in [0, 0.1) is 5.92 Å². The number of carbonyl (C=O) groups excluding carboxylic acids is 2. The van der Waals surface area contributed by atoms with E-state index in [-0.39, 0.29) is 24.3 Å². The minimum atomic E-state index is -3.31. The lowest BCUT2D eigenvalue weighted by molar-refractivity contribution is -0.143. The lowest BCUT2D eigenvalue weighted by atomic mass is 9.82. The molecule has 3 aliphatic rings. The van der Waals surface area contributed by atoms with Crippen molar-refractivity contribution in [1.29, 1.82) is 0 Å². The number of aliphatic hydroxyl groups is 1. The number of benzene rings is 2. The number of ether oxygens (including phenoxy) is 1. The first-order chi connectivity index (χ1) is 21.1. The van der Waals surface area contributed by atoms with Crippen molar-refractivity contribution in [1.82, 2.24) is 15.0 Å². The Morgan fingerprint density at radius 1 is 1.14 bits per heavy atom. The molecule has 6 rings (SSSR count). The van der Waals surface area contributed by atoms with Crippen molar-refractivity contribution < 1.29 is 23.5 Å². The molecule has 9 nitrogen and oxygen atoms in total. The average molecular weight is 620 g/mol. The summed E-state index contributed by atoms with van der Waals surface area (Å²) < 4.78 is 24.6. The first-order valence-electron chi connectivity index (χ1n) is 15.8. The minimum Gasteiger partial charge on any atom is -0.395 e. The maximum Gasteiger partial charge on any atom is 0.261 e. The zero-order valence-electron chi connectivity index (χ0n) is 25.7. The normalized spacial score (nSPS) is 26.4. The van der Waals surface area contributed by atoms with Crippen LogP contribution in [0.15, 0.2) is 54.7 Å². The van der Waals surface area contributed by atoms with Crippen molar-refractivity contribution in [2.75, 3.05) is 23.4 Å². The van der Waals surface area contributed by atoms with Gasteiger partial charge in [-0.3, -0.25) is 14.3 Å². The maximum atomic E-state index is 16.1. The van der Waals surface area contributed by atoms with Crippen molar-refractivity contribution in [2.45, 2.75) is 88.3 Å². The highest BCUT2D eigenvalue weighted by molar-refractivity contribution is 6.72. The van der Waals surface area contributed by atoms with Crippen LogP contribution in [-0.4, -0.2) is 59.6 Å². The van der Waals surface area contributed by atoms with Gasteiger partial charge in [0.25, 0.3) is 5.91 Å². The number of amides is 2. The maximum absolute atomic E-state index is 16.1. The Kier molecular flexibility index (Phi) is 8.47. The Bertz CT molecular complexity index is 1510. The minimum absolute atomic E-state index is 0.0901. The molecule has 2 aromatic carbocycles. The molecule has 2 fully saturated rings. The highest BCUT2D eigenvalue weighted by Crippen LogP contribution is 2.59. The SMILES string of the molecule is C[C@@H]1[C@@H]([Si](C)(C)F)[C@H](CCn2cc(C(CO)c3ccccc3)nn2)O[C@@]12C(=O)Nc1ccc(N3CCCCCCC3=O)cc12. The van der Waals surface area contributed by atoms with Crippen molar-refractivity contribution in [3.05, 3.63) is 71.5 Å². The molecule has 5 atom stereocenters. The lowest BCUT2D eigenvalue weighted by Gasteiger charge is -2.31. The summed E-state index contributed by atoms with van der Waals surface area (Å²) in [6.07, 6.45) is 6.21. The number of aryl methyl sites for hydroxylation is 1. The molecule has 0 radical (unpaired) electrons. The Labute approximate surface area is 259 Å². The van der Waals surface area contributed by atoms with Crippen LogP contribution in [0.5, 0.6) is 0 Å². The first kappa shape index (κ1) is 30.6. The number of anilines is 2. The van der Waals surface area contributed by atoms with Crippen LogP contribution in [0.4, 0.5) is 15.5 Å². The number of halogens is 1. The molecule has 1 unspecified atom stereocenters. The summed E-state index contributed by atoms with van der Waals surface area (Å²) in [4.78, 5) is 28.7. The van der Waals surface area contributed by atoms with Gasteiger partial charge in [-0.15, -0.1) is 5.10 Å². The molecule has 0 aliphatic carbocycles. The predicted octanol–water partition coefficient (Wildman–Crippen LogP) is 5.52. The van der Waals surface area contributed by atoms with Crippen LogP contribution < -0.4 is 10.2 Å². The van der Waals surface area contributed by atoms with Gasteiger partial charge in [-0.25, -0.2) is 0 Å². The van der Waals surface area contributed by atoms with E-state index in [2.05, 4.69) is 15.6 Å². The standard InChI is InChI=1S/C33H42FN5O4Si/c1-22-31(44(2,3)34)29(16-18-38-20-28(36-37-38)25(21-40)23-11-7-6-8-12-23)43-33(22)26-19-24(14-15-27(26)35-32(33)42)39-17-10-5-4-9-13-30(39)41/h6-8,11-12,14-15,19-20,22,25,29,31,40H,4-5,9-10,13,16-18,21H2,1-3H3,(H,35,42)/t22-,25?,29+,31-,33+/m1/s1. The van der Waals surface area contributed by atoms with Crippen molar-refractivity contribution >= 4 is 31.6 Å². The molecule has 234 valence electrons. The first-order valence-corrected chi connectivity index (χ1v) is 18.8. The van der Waals surface area contributed by atoms with Gasteiger partial charge in [0.15, 0.2) is 5.60 Å². The zero-order valence-corrected chi connectivity index (χ0v) is 26.7. The summed E-state index contributed by atoms with van der Waals surface area (Å²) in [5, 5.41) is 21.7. The number of rotatable bonds is 8. The zero-order chi connectivity index (χ0) is 31.1. The van der Waals surface area contributed by atoms with Crippen LogP contribution >= 0.6 is 0 Å². The molecule has 4 heterocycles. The van der Waals surface area contributed by atoms with Gasteiger partial charge in [0, 0.05) is 54.1 Å². The lowest BCUT2D eigenvalue weighted by Crippen LogP contribution is -2.42. The number of carbonyl (C=O) groups is 2. The molecule has 3 aliphatic heterocycles. The monoisotopic (exact) mass is 619 g/mol. The fourth-order valence-electron chi connectivity index (χ4n) is 7.62. The van der Waals surface area contributed by atoms with Crippen LogP contribution in [0.2, 0.25) is 18.6 Å². The van der Waals surface area contributed by atoms with E-state index in [1.165, 1.54) is 0 Å². The summed E-state index contributed by atoms with van der Waals surface area (Å²) in [5.74, 6) is -0.901. The third kappa shape index (κ3) is 5.50. The van der Waals surface area contributed by atoms with E-state index in [1.807, 2.05) is 66.6 Å². The van der Waals surface area contributed by atoms with Crippen LogP contribution in [0.25, 0.3) is 0 Å². The van der Waals surface area contributed by atoms with Gasteiger partial charge in [0.1, 0.15) is 0 Å². The fraction of sp³-hybridized carbons (Fsp3) is 0.515. The topological polar surface area (TPSA) is 110 Å². The Hall–Kier alpha value is -3.41. The number of nitrogens with one attached hydrogen (secondary N) is 1. The molecule has 2 saturated heterocycles. The Morgan fingerprint density at radius 2 is 1.91 bits per heavy atom. The highest BCUT2D eigenvalue weighted by Gasteiger charge is 2.65. The van der Waals surface area contributed by atoms with Gasteiger partial charge >= 0.3 is 0 Å². The fourth-order valence-corrected chi connectivity index (χ4v) is 10.2. The Balaban J connectivity index is 1.27. The second kappa shape index (κ2) is 12.2. The van der Waals surface area contributed by atoms with Crippen LogP contribution in [-0.2, 0) is 26.5 Å². The molecule has 1 spiro atoms. The Morgan fingerprint density at radius 3 is 2.66 bits per heavy atom. The molecule has 0 saturated carbocycles. The van der Waals surface area contributed by atoms with E-state index in [1.54, 1.807) is 17.8 Å². The van der Waals surface area contributed by atoms with E-state index >= 15 is 4.11 Å². The summed E-state index contributed by atoms with van der Waals surface area (Å²) in [7, 11) is -3.31. The van der Waals surface area contributed by atoms with E-state index in [9.17, 15) is 14.7 Å². The quantitative estimate of drug-likeness (QED) is 0.254. The van der Waals surface area contributed by atoms with Crippen molar-refractivity contribution in [3.8, 4) is 0 Å². The van der Waals surface area contributed by atoms with Gasteiger partial charge in [0.05, 0.1) is 24.3 Å². The number of aromatic nitrogens is 3. The number of hydrogen-bond acceptors (Lipinski definition) is 6. The molecule has 44 heavy (non-hydrogen) atoms. The number of hydrogen-bond donors (Lipinski definition) is 2. The van der Waals surface area contributed by atoms with Gasteiger partial charge in [-0.1, -0.05) is 55.3 Å².